The monoisotopic (exact) mass is 416 g/mol. The maximum atomic E-state index is 13.2. The van der Waals surface area contributed by atoms with Gasteiger partial charge in [0, 0.05) is 6.07 Å². The molecule has 140 valence electrons. The predicted octanol–water partition coefficient (Wildman–Crippen LogP) is 2.35. The van der Waals surface area contributed by atoms with E-state index in [9.17, 15) is 26.9 Å². The Morgan fingerprint density at radius 3 is 2.42 bits per heavy atom. The SMILES string of the molecule is Cc1sc(S(=O)(=O)N(c2ccccc2)C2CCS(=O)(=O)C2)cc1[N+](=O)[O-]. The molecular formula is C15H16N2O6S3. The second-order valence-corrected chi connectivity index (χ2v) is 11.5. The van der Waals surface area contributed by atoms with Crippen molar-refractivity contribution < 1.29 is 21.8 Å². The summed E-state index contributed by atoms with van der Waals surface area (Å²) < 4.78 is 51.2. The Kier molecular flexibility index (Phi) is 4.80. The van der Waals surface area contributed by atoms with Crippen molar-refractivity contribution in [2.75, 3.05) is 15.8 Å². The van der Waals surface area contributed by atoms with Gasteiger partial charge in [0.2, 0.25) is 0 Å². The fourth-order valence-electron chi connectivity index (χ4n) is 2.93. The van der Waals surface area contributed by atoms with Crippen molar-refractivity contribution in [3.63, 3.8) is 0 Å². The number of sulfonamides is 1. The minimum Gasteiger partial charge on any atom is -0.262 e. The predicted molar refractivity (Wildman–Crippen MR) is 98.9 cm³/mol. The van der Waals surface area contributed by atoms with Gasteiger partial charge in [0.1, 0.15) is 4.21 Å². The number of thiophene rings is 1. The molecule has 0 aliphatic carbocycles. The molecule has 11 heteroatoms. The Labute approximate surface area is 155 Å². The lowest BCUT2D eigenvalue weighted by molar-refractivity contribution is -0.385. The molecule has 26 heavy (non-hydrogen) atoms. The molecule has 3 rings (SSSR count). The first-order chi connectivity index (χ1) is 12.1. The van der Waals surface area contributed by atoms with Gasteiger partial charge < -0.3 is 0 Å². The molecule has 0 N–H and O–H groups in total. The normalized spacial score (nSPS) is 19.3. The molecule has 0 radical (unpaired) electrons. The number of para-hydroxylation sites is 1. The van der Waals surface area contributed by atoms with Gasteiger partial charge in [-0.3, -0.25) is 14.4 Å². The van der Waals surface area contributed by atoms with E-state index in [0.717, 1.165) is 21.7 Å². The van der Waals surface area contributed by atoms with E-state index in [-0.39, 0.29) is 32.7 Å². The zero-order chi connectivity index (χ0) is 19.1. The van der Waals surface area contributed by atoms with Crippen molar-refractivity contribution in [1.82, 2.24) is 0 Å². The first-order valence-corrected chi connectivity index (χ1v) is 11.7. The van der Waals surface area contributed by atoms with E-state index in [1.165, 1.54) is 6.92 Å². The summed E-state index contributed by atoms with van der Waals surface area (Å²) in [6.07, 6.45) is 0.183. The lowest BCUT2D eigenvalue weighted by Gasteiger charge is -2.28. The highest BCUT2D eigenvalue weighted by Gasteiger charge is 2.40. The Morgan fingerprint density at radius 1 is 1.27 bits per heavy atom. The summed E-state index contributed by atoms with van der Waals surface area (Å²) in [5.41, 5.74) is 0.0731. The first-order valence-electron chi connectivity index (χ1n) is 7.66. The highest BCUT2D eigenvalue weighted by Crippen LogP contribution is 2.37. The smallest absolute Gasteiger partial charge is 0.262 e. The van der Waals surface area contributed by atoms with E-state index < -0.39 is 30.8 Å². The van der Waals surface area contributed by atoms with Gasteiger partial charge >= 0.3 is 0 Å². The average Bonchev–Trinajstić information content (AvgIpc) is 3.11. The van der Waals surface area contributed by atoms with Crippen LogP contribution in [0.25, 0.3) is 0 Å². The standard InChI is InChI=1S/C15H16N2O6S3/c1-11-14(17(18)19)9-15(24-11)26(22,23)16(12-5-3-2-4-6-12)13-7-8-25(20,21)10-13/h2-6,9,13H,7-8,10H2,1H3. The van der Waals surface area contributed by atoms with Crippen molar-refractivity contribution in [3.05, 3.63) is 51.4 Å². The van der Waals surface area contributed by atoms with Gasteiger partial charge in [-0.25, -0.2) is 16.8 Å². The van der Waals surface area contributed by atoms with Crippen molar-refractivity contribution in [2.24, 2.45) is 0 Å². The van der Waals surface area contributed by atoms with Crippen molar-refractivity contribution in [1.29, 1.82) is 0 Å². The van der Waals surface area contributed by atoms with Gasteiger partial charge in [0.05, 0.1) is 33.0 Å². The van der Waals surface area contributed by atoms with Gasteiger partial charge in [0.15, 0.2) is 9.84 Å². The van der Waals surface area contributed by atoms with Crippen molar-refractivity contribution in [2.45, 2.75) is 23.6 Å². The average molecular weight is 417 g/mol. The largest absolute Gasteiger partial charge is 0.284 e. The molecule has 1 saturated heterocycles. The molecule has 0 saturated carbocycles. The number of nitrogens with zero attached hydrogens (tertiary/aromatic N) is 2. The highest BCUT2D eigenvalue weighted by atomic mass is 32.2. The van der Waals surface area contributed by atoms with Crippen LogP contribution >= 0.6 is 11.3 Å². The van der Waals surface area contributed by atoms with E-state index in [1.807, 2.05) is 0 Å². The van der Waals surface area contributed by atoms with E-state index in [4.69, 9.17) is 0 Å². The molecule has 1 aromatic heterocycles. The summed E-state index contributed by atoms with van der Waals surface area (Å²) in [4.78, 5) is 10.7. The third-order valence-corrected chi connectivity index (χ3v) is 9.25. The van der Waals surface area contributed by atoms with Crippen LogP contribution < -0.4 is 4.31 Å². The molecule has 0 bridgehead atoms. The number of rotatable bonds is 5. The van der Waals surface area contributed by atoms with Crippen LogP contribution in [0.1, 0.15) is 11.3 Å². The molecule has 1 fully saturated rings. The number of benzene rings is 1. The van der Waals surface area contributed by atoms with Crippen LogP contribution in [0.3, 0.4) is 0 Å². The third-order valence-electron chi connectivity index (χ3n) is 4.13. The fourth-order valence-corrected chi connectivity index (χ4v) is 7.90. The number of hydrogen-bond donors (Lipinski definition) is 0. The summed E-state index contributed by atoms with van der Waals surface area (Å²) in [7, 11) is -7.46. The Balaban J connectivity index is 2.12. The zero-order valence-electron chi connectivity index (χ0n) is 13.7. The molecule has 0 spiro atoms. The van der Waals surface area contributed by atoms with Crippen LogP contribution in [-0.4, -0.2) is 39.3 Å². The molecule has 0 amide bonds. The molecule has 2 heterocycles. The zero-order valence-corrected chi connectivity index (χ0v) is 16.2. The summed E-state index contributed by atoms with van der Waals surface area (Å²) in [5.74, 6) is -0.353. The summed E-state index contributed by atoms with van der Waals surface area (Å²) in [5, 5.41) is 11.1. The molecule has 1 unspecified atom stereocenters. The van der Waals surface area contributed by atoms with Crippen LogP contribution in [0.5, 0.6) is 0 Å². The molecule has 1 aliphatic rings. The lowest BCUT2D eigenvalue weighted by Crippen LogP contribution is -2.41. The van der Waals surface area contributed by atoms with Gasteiger partial charge in [0.25, 0.3) is 15.7 Å². The third kappa shape index (κ3) is 3.46. The number of sulfone groups is 1. The molecule has 2 aromatic rings. The van der Waals surface area contributed by atoms with E-state index in [2.05, 4.69) is 0 Å². The Bertz CT molecular complexity index is 1040. The second kappa shape index (κ2) is 6.63. The van der Waals surface area contributed by atoms with Gasteiger partial charge in [-0.15, -0.1) is 11.3 Å². The summed E-state index contributed by atoms with van der Waals surface area (Å²) in [6.45, 7) is 1.48. The fraction of sp³-hybridized carbons (Fsp3) is 0.333. The van der Waals surface area contributed by atoms with Crippen LogP contribution in [0, 0.1) is 17.0 Å². The lowest BCUT2D eigenvalue weighted by atomic mass is 10.2. The first kappa shape index (κ1) is 18.8. The van der Waals surface area contributed by atoms with Crippen LogP contribution in [0.15, 0.2) is 40.6 Å². The minimum absolute atomic E-state index is 0.0832. The number of anilines is 1. The number of nitro groups is 1. The quantitative estimate of drug-likeness (QED) is 0.546. The van der Waals surface area contributed by atoms with Crippen LogP contribution in [0.2, 0.25) is 0 Å². The minimum atomic E-state index is -4.14. The van der Waals surface area contributed by atoms with Crippen LogP contribution in [0.4, 0.5) is 11.4 Å². The maximum absolute atomic E-state index is 13.2. The second-order valence-electron chi connectivity index (χ2n) is 5.96. The molecule has 1 aromatic carbocycles. The number of aryl methyl sites for hydroxylation is 1. The summed E-state index contributed by atoms with van der Waals surface area (Å²) in [6, 6.07) is 8.49. The maximum Gasteiger partial charge on any atom is 0.284 e. The van der Waals surface area contributed by atoms with Gasteiger partial charge in [-0.1, -0.05) is 18.2 Å². The van der Waals surface area contributed by atoms with E-state index in [0.29, 0.717) is 5.69 Å². The highest BCUT2D eigenvalue weighted by molar-refractivity contribution is 7.95. The van der Waals surface area contributed by atoms with Gasteiger partial charge in [-0.05, 0) is 25.5 Å². The summed E-state index contributed by atoms with van der Waals surface area (Å²) >= 11 is 0.811. The molecule has 1 aliphatic heterocycles. The van der Waals surface area contributed by atoms with E-state index >= 15 is 0 Å². The van der Waals surface area contributed by atoms with E-state index in [1.54, 1.807) is 30.3 Å². The molecule has 8 nitrogen and oxygen atoms in total. The molecule has 1 atom stereocenters. The Morgan fingerprint density at radius 2 is 1.92 bits per heavy atom. The van der Waals surface area contributed by atoms with Crippen LogP contribution in [-0.2, 0) is 19.9 Å². The topological polar surface area (TPSA) is 115 Å². The number of hydrogen-bond acceptors (Lipinski definition) is 7. The van der Waals surface area contributed by atoms with Crippen molar-refractivity contribution >= 4 is 42.6 Å². The Hall–Kier alpha value is -1.98. The van der Waals surface area contributed by atoms with Crippen molar-refractivity contribution in [3.8, 4) is 0 Å². The van der Waals surface area contributed by atoms with Gasteiger partial charge in [-0.2, -0.15) is 0 Å². The molecular weight excluding hydrogens is 400 g/mol.